The fourth-order valence-electron chi connectivity index (χ4n) is 3.45. The van der Waals surface area contributed by atoms with Crippen LogP contribution in [0, 0.1) is 0 Å². The fraction of sp³-hybridized carbons (Fsp3) is 1.00. The van der Waals surface area contributed by atoms with E-state index in [0.29, 0.717) is 31.3 Å². The molecule has 0 aromatic carbocycles. The molecule has 1 saturated heterocycles. The Morgan fingerprint density at radius 3 is 2.43 bits per heavy atom. The second-order valence-electron chi connectivity index (χ2n) is 6.97. The normalized spacial score (nSPS) is 28.5. The van der Waals surface area contributed by atoms with E-state index in [0.717, 1.165) is 25.7 Å². The van der Waals surface area contributed by atoms with Crippen LogP contribution in [0.3, 0.4) is 0 Å². The highest BCUT2D eigenvalue weighted by Gasteiger charge is 2.38. The van der Waals surface area contributed by atoms with E-state index in [1.165, 1.54) is 18.2 Å². The second kappa shape index (κ2) is 12.1. The van der Waals surface area contributed by atoms with Crippen LogP contribution in [0.1, 0.15) is 38.5 Å². The molecule has 0 radical (unpaired) electrons. The molecule has 166 valence electrons. The Labute approximate surface area is 182 Å². The lowest BCUT2D eigenvalue weighted by Crippen LogP contribution is -2.45. The van der Waals surface area contributed by atoms with Crippen molar-refractivity contribution in [2.45, 2.75) is 55.3 Å². The summed E-state index contributed by atoms with van der Waals surface area (Å²) in [5.41, 5.74) is 0. The molecular formula is C15H30Cl2N3O5PS2. The van der Waals surface area contributed by atoms with Gasteiger partial charge in [0.2, 0.25) is 0 Å². The number of nitrogens with zero attached hydrogens (tertiary/aromatic N) is 1. The maximum Gasteiger partial charge on any atom is 0.344 e. The van der Waals surface area contributed by atoms with Crippen LogP contribution in [-0.4, -0.2) is 71.6 Å². The van der Waals surface area contributed by atoms with Crippen molar-refractivity contribution in [1.82, 2.24) is 15.1 Å². The molecule has 3 unspecified atom stereocenters. The van der Waals surface area contributed by atoms with E-state index in [1.54, 1.807) is 4.67 Å². The molecule has 0 spiro atoms. The predicted octanol–water partition coefficient (Wildman–Crippen LogP) is 3.08. The van der Waals surface area contributed by atoms with E-state index in [9.17, 15) is 17.5 Å². The fourth-order valence-corrected chi connectivity index (χ4v) is 8.92. The predicted molar refractivity (Wildman–Crippen MR) is 116 cm³/mol. The standard InChI is InChI=1S/C15H30Cl2N3O5PS2/c16-7-9-20(10-8-17)26(21)19-14(6-11-25-26)27-15(12-28(22,23)24)18-13-4-2-1-3-5-13/h13-15,18H,1-12H2,(H,19,21)(H,22,23,24). The van der Waals surface area contributed by atoms with Crippen molar-refractivity contribution in [3.63, 3.8) is 0 Å². The Morgan fingerprint density at radius 1 is 1.21 bits per heavy atom. The number of nitrogens with one attached hydrogen (secondary N) is 2. The molecule has 13 heteroatoms. The Kier molecular flexibility index (Phi) is 10.9. The number of rotatable bonds is 11. The van der Waals surface area contributed by atoms with Gasteiger partial charge in [-0.05, 0) is 19.3 Å². The van der Waals surface area contributed by atoms with Crippen molar-refractivity contribution < 1.29 is 22.1 Å². The zero-order valence-corrected chi connectivity index (χ0v) is 19.8. The van der Waals surface area contributed by atoms with Crippen LogP contribution in [0.15, 0.2) is 0 Å². The van der Waals surface area contributed by atoms with Gasteiger partial charge in [-0.3, -0.25) is 9.12 Å². The molecule has 2 rings (SSSR count). The summed E-state index contributed by atoms with van der Waals surface area (Å²) in [4.78, 5) is 0. The molecule has 1 saturated carbocycles. The van der Waals surface area contributed by atoms with Crippen molar-refractivity contribution in [1.29, 1.82) is 0 Å². The van der Waals surface area contributed by atoms with Crippen molar-refractivity contribution in [3.8, 4) is 0 Å². The number of halogens is 2. The molecule has 8 nitrogen and oxygen atoms in total. The van der Waals surface area contributed by atoms with E-state index >= 15 is 0 Å². The summed E-state index contributed by atoms with van der Waals surface area (Å²) >= 11 is 13.0. The second-order valence-corrected chi connectivity index (χ2v) is 12.8. The summed E-state index contributed by atoms with van der Waals surface area (Å²) in [7, 11) is -7.45. The summed E-state index contributed by atoms with van der Waals surface area (Å²) in [5, 5.41) is 5.62. The lowest BCUT2D eigenvalue weighted by Gasteiger charge is -2.38. The van der Waals surface area contributed by atoms with Gasteiger partial charge in [0.1, 0.15) is 5.75 Å². The molecule has 1 heterocycles. The van der Waals surface area contributed by atoms with Gasteiger partial charge in [0.05, 0.1) is 17.4 Å². The molecule has 1 aliphatic carbocycles. The Morgan fingerprint density at radius 2 is 1.86 bits per heavy atom. The van der Waals surface area contributed by atoms with Gasteiger partial charge in [0.25, 0.3) is 10.1 Å². The van der Waals surface area contributed by atoms with E-state index in [-0.39, 0.29) is 18.0 Å². The molecule has 3 atom stereocenters. The summed E-state index contributed by atoms with van der Waals surface area (Å²) in [6, 6.07) is 0.226. The van der Waals surface area contributed by atoms with Gasteiger partial charge in [-0.25, -0.2) is 9.76 Å². The zero-order chi connectivity index (χ0) is 20.6. The van der Waals surface area contributed by atoms with Crippen LogP contribution in [0.2, 0.25) is 0 Å². The minimum atomic E-state index is -4.14. The van der Waals surface area contributed by atoms with E-state index in [1.807, 2.05) is 0 Å². The first-order valence-electron chi connectivity index (χ1n) is 9.52. The maximum atomic E-state index is 13.3. The van der Waals surface area contributed by atoms with Crippen LogP contribution in [0.5, 0.6) is 0 Å². The molecule has 1 aliphatic heterocycles. The third-order valence-corrected chi connectivity index (χ3v) is 9.84. The molecule has 0 amide bonds. The van der Waals surface area contributed by atoms with E-state index in [4.69, 9.17) is 27.7 Å². The first kappa shape index (κ1) is 25.2. The minimum Gasteiger partial charge on any atom is -0.306 e. The smallest absolute Gasteiger partial charge is 0.306 e. The zero-order valence-electron chi connectivity index (χ0n) is 15.8. The summed E-state index contributed by atoms with van der Waals surface area (Å²) in [6.07, 6.45) is 5.95. The van der Waals surface area contributed by atoms with Crippen molar-refractivity contribution in [3.05, 3.63) is 0 Å². The van der Waals surface area contributed by atoms with Crippen LogP contribution in [-0.2, 0) is 19.2 Å². The lowest BCUT2D eigenvalue weighted by atomic mass is 9.96. The summed E-state index contributed by atoms with van der Waals surface area (Å²) in [6.45, 7) is 1.01. The summed E-state index contributed by atoms with van der Waals surface area (Å²) in [5.74, 6) is 0.182. The molecule has 0 aromatic rings. The minimum absolute atomic E-state index is 0.226. The SMILES string of the molecule is O=P1(N(CCCl)CCCl)NC(SC(CS(=O)(=O)O)NC2CCCCC2)CCO1. The van der Waals surface area contributed by atoms with Gasteiger partial charge in [-0.1, -0.05) is 19.3 Å². The highest BCUT2D eigenvalue weighted by molar-refractivity contribution is 8.01. The highest BCUT2D eigenvalue weighted by atomic mass is 35.5. The molecule has 0 aromatic heterocycles. The van der Waals surface area contributed by atoms with Crippen molar-refractivity contribution >= 4 is 52.8 Å². The third-order valence-electron chi connectivity index (χ3n) is 4.73. The van der Waals surface area contributed by atoms with Gasteiger partial charge in [-0.2, -0.15) is 8.42 Å². The molecule has 2 fully saturated rings. The number of hydrogen-bond donors (Lipinski definition) is 3. The van der Waals surface area contributed by atoms with E-state index < -0.39 is 28.9 Å². The largest absolute Gasteiger partial charge is 0.344 e. The van der Waals surface area contributed by atoms with Crippen LogP contribution in [0.4, 0.5) is 0 Å². The lowest BCUT2D eigenvalue weighted by molar-refractivity contribution is 0.227. The van der Waals surface area contributed by atoms with Gasteiger partial charge in [0, 0.05) is 30.9 Å². The first-order valence-corrected chi connectivity index (χ1v) is 14.7. The number of hydrogen-bond acceptors (Lipinski definition) is 6. The topological polar surface area (TPSA) is 108 Å². The molecular weight excluding hydrogens is 468 g/mol. The van der Waals surface area contributed by atoms with Crippen LogP contribution < -0.4 is 10.4 Å². The molecule has 0 bridgehead atoms. The Bertz CT molecular complexity index is 619. The first-order chi connectivity index (χ1) is 13.3. The highest BCUT2D eigenvalue weighted by Crippen LogP contribution is 2.51. The number of thioether (sulfide) groups is 1. The Balaban J connectivity index is 2.03. The number of alkyl halides is 2. The van der Waals surface area contributed by atoms with Crippen LogP contribution >= 0.6 is 42.6 Å². The molecule has 28 heavy (non-hydrogen) atoms. The average molecular weight is 498 g/mol. The van der Waals surface area contributed by atoms with Gasteiger partial charge >= 0.3 is 7.67 Å². The van der Waals surface area contributed by atoms with E-state index in [2.05, 4.69) is 10.4 Å². The molecule has 2 aliphatic rings. The van der Waals surface area contributed by atoms with Gasteiger partial charge in [0.15, 0.2) is 0 Å². The van der Waals surface area contributed by atoms with Crippen molar-refractivity contribution in [2.75, 3.05) is 37.2 Å². The quantitative estimate of drug-likeness (QED) is 0.171. The Hall–Kier alpha value is 0.910. The van der Waals surface area contributed by atoms with Gasteiger partial charge < -0.3 is 9.84 Å². The monoisotopic (exact) mass is 497 g/mol. The van der Waals surface area contributed by atoms with Gasteiger partial charge in [-0.15, -0.1) is 35.0 Å². The molecule has 3 N–H and O–H groups in total. The average Bonchev–Trinajstić information content (AvgIpc) is 2.61. The van der Waals surface area contributed by atoms with Crippen molar-refractivity contribution in [2.24, 2.45) is 0 Å². The van der Waals surface area contributed by atoms with Crippen LogP contribution in [0.25, 0.3) is 0 Å². The third kappa shape index (κ3) is 8.57. The maximum absolute atomic E-state index is 13.3. The summed E-state index contributed by atoms with van der Waals surface area (Å²) < 4.78 is 52.8.